The van der Waals surface area contributed by atoms with Crippen LogP contribution < -0.4 is 0 Å². The maximum atomic E-state index is 13.3. The van der Waals surface area contributed by atoms with Crippen molar-refractivity contribution in [3.05, 3.63) is 69.9 Å². The molecule has 1 aliphatic carbocycles. The summed E-state index contributed by atoms with van der Waals surface area (Å²) in [6.07, 6.45) is 5.92. The van der Waals surface area contributed by atoms with Crippen LogP contribution in [0.4, 0.5) is 0 Å². The highest BCUT2D eigenvalue weighted by Gasteiger charge is 2.48. The minimum atomic E-state index is -0.296. The molecule has 0 saturated carbocycles. The molecule has 0 spiro atoms. The van der Waals surface area contributed by atoms with Gasteiger partial charge in [-0.25, -0.2) is 0 Å². The fraction of sp³-hybridized carbons (Fsp3) is 0.348. The van der Waals surface area contributed by atoms with Crippen molar-refractivity contribution in [3.63, 3.8) is 0 Å². The molecule has 0 N–H and O–H groups in total. The highest BCUT2D eigenvalue weighted by molar-refractivity contribution is 7.10. The van der Waals surface area contributed by atoms with Crippen LogP contribution in [0.15, 0.2) is 53.9 Å². The Labute approximate surface area is 173 Å². The van der Waals surface area contributed by atoms with Crippen LogP contribution in [-0.2, 0) is 20.8 Å². The molecule has 1 aromatic carbocycles. The molecule has 1 aromatic heterocycles. The molecule has 0 radical (unpaired) electrons. The molecule has 3 atom stereocenters. The molecular weight excluding hydrogens is 384 g/mol. The van der Waals surface area contributed by atoms with Crippen molar-refractivity contribution in [1.82, 2.24) is 9.80 Å². The Morgan fingerprint density at radius 3 is 2.38 bits per heavy atom. The Morgan fingerprint density at radius 1 is 1.00 bits per heavy atom. The number of carbonyl (C=O) groups is 3. The van der Waals surface area contributed by atoms with Crippen LogP contribution >= 0.6 is 11.3 Å². The fourth-order valence-corrected chi connectivity index (χ4v) is 5.73. The topological polar surface area (TPSA) is 57.7 Å². The molecule has 5 nitrogen and oxygen atoms in total. The number of amides is 3. The Morgan fingerprint density at radius 2 is 1.69 bits per heavy atom. The van der Waals surface area contributed by atoms with Crippen molar-refractivity contribution < 1.29 is 14.4 Å². The van der Waals surface area contributed by atoms with Gasteiger partial charge in [0.2, 0.25) is 17.7 Å². The third-order valence-corrected chi connectivity index (χ3v) is 7.29. The lowest BCUT2D eigenvalue weighted by molar-refractivity contribution is -0.147. The first-order valence-corrected chi connectivity index (χ1v) is 10.9. The van der Waals surface area contributed by atoms with Crippen molar-refractivity contribution >= 4 is 29.1 Å². The minimum absolute atomic E-state index is 0.159. The SMILES string of the molecule is O=C1[C@H]2CC=CC[C@H]2C(=O)N1CC(=O)N1CCc2sccc2[C@H]1c1ccccc1. The van der Waals surface area contributed by atoms with Gasteiger partial charge < -0.3 is 4.90 Å². The summed E-state index contributed by atoms with van der Waals surface area (Å²) in [4.78, 5) is 43.2. The fourth-order valence-electron chi connectivity index (χ4n) is 4.83. The number of thiophene rings is 1. The average molecular weight is 407 g/mol. The zero-order valence-electron chi connectivity index (χ0n) is 16.0. The maximum absolute atomic E-state index is 13.3. The standard InChI is InChI=1S/C23H22N2O3S/c26-20(14-25-22(27)16-8-4-5-9-17(16)23(25)28)24-12-10-19-18(11-13-29-19)21(24)15-6-2-1-3-7-15/h1-7,11,13,16-17,21H,8-10,12,14H2/t16-,17+,21-/m1/s1. The van der Waals surface area contributed by atoms with Gasteiger partial charge in [-0.15, -0.1) is 11.3 Å². The van der Waals surface area contributed by atoms with Crippen LogP contribution in [0.5, 0.6) is 0 Å². The Balaban J connectivity index is 1.42. The lowest BCUT2D eigenvalue weighted by atomic mass is 9.85. The van der Waals surface area contributed by atoms with Crippen LogP contribution in [0.25, 0.3) is 0 Å². The van der Waals surface area contributed by atoms with Crippen LogP contribution in [-0.4, -0.2) is 40.6 Å². The van der Waals surface area contributed by atoms with Gasteiger partial charge in [0.15, 0.2) is 0 Å². The summed E-state index contributed by atoms with van der Waals surface area (Å²) in [6, 6.07) is 11.9. The van der Waals surface area contributed by atoms with Gasteiger partial charge >= 0.3 is 0 Å². The second-order valence-corrected chi connectivity index (χ2v) is 8.87. The van der Waals surface area contributed by atoms with E-state index in [2.05, 4.69) is 11.4 Å². The van der Waals surface area contributed by atoms with E-state index in [1.165, 1.54) is 9.78 Å². The van der Waals surface area contributed by atoms with Gasteiger partial charge in [-0.1, -0.05) is 42.5 Å². The van der Waals surface area contributed by atoms with E-state index in [1.807, 2.05) is 47.4 Å². The molecule has 2 aliphatic heterocycles. The van der Waals surface area contributed by atoms with Crippen molar-refractivity contribution in [2.45, 2.75) is 25.3 Å². The van der Waals surface area contributed by atoms with E-state index in [0.717, 1.165) is 17.5 Å². The van der Waals surface area contributed by atoms with Crippen molar-refractivity contribution in [1.29, 1.82) is 0 Å². The number of likely N-dealkylation sites (tertiary alicyclic amines) is 1. The van der Waals surface area contributed by atoms with Gasteiger partial charge in [-0.05, 0) is 41.8 Å². The molecule has 3 amide bonds. The summed E-state index contributed by atoms with van der Waals surface area (Å²) >= 11 is 1.72. The van der Waals surface area contributed by atoms with Crippen molar-refractivity contribution in [2.24, 2.45) is 11.8 Å². The number of imide groups is 1. The molecule has 0 unspecified atom stereocenters. The van der Waals surface area contributed by atoms with Crippen LogP contribution in [0.2, 0.25) is 0 Å². The first-order valence-electron chi connectivity index (χ1n) is 10.1. The molecule has 2 aromatic rings. The largest absolute Gasteiger partial charge is 0.330 e. The van der Waals surface area contributed by atoms with Crippen LogP contribution in [0.3, 0.4) is 0 Å². The van der Waals surface area contributed by atoms with E-state index >= 15 is 0 Å². The predicted octanol–water partition coefficient (Wildman–Crippen LogP) is 3.17. The lowest BCUT2D eigenvalue weighted by Gasteiger charge is -2.37. The van der Waals surface area contributed by atoms with E-state index in [9.17, 15) is 14.4 Å². The Hall–Kier alpha value is -2.73. The van der Waals surface area contributed by atoms with Crippen molar-refractivity contribution in [3.8, 4) is 0 Å². The van der Waals surface area contributed by atoms with Gasteiger partial charge in [-0.3, -0.25) is 19.3 Å². The highest BCUT2D eigenvalue weighted by Crippen LogP contribution is 2.39. The van der Waals surface area contributed by atoms with Gasteiger partial charge in [-0.2, -0.15) is 0 Å². The molecule has 3 heterocycles. The number of hydrogen-bond donors (Lipinski definition) is 0. The summed E-state index contributed by atoms with van der Waals surface area (Å²) in [7, 11) is 0. The summed E-state index contributed by atoms with van der Waals surface area (Å²) < 4.78 is 0. The lowest BCUT2D eigenvalue weighted by Crippen LogP contribution is -2.47. The van der Waals surface area contributed by atoms with Gasteiger partial charge in [0, 0.05) is 11.4 Å². The number of fused-ring (bicyclic) bond motifs is 2. The summed E-state index contributed by atoms with van der Waals surface area (Å²) in [5.41, 5.74) is 2.20. The smallest absolute Gasteiger partial charge is 0.243 e. The van der Waals surface area contributed by atoms with Gasteiger partial charge in [0.05, 0.1) is 17.9 Å². The van der Waals surface area contributed by atoms with Crippen LogP contribution in [0.1, 0.15) is 34.9 Å². The molecular formula is C23H22N2O3S. The molecule has 29 heavy (non-hydrogen) atoms. The van der Waals surface area contributed by atoms with E-state index < -0.39 is 0 Å². The molecule has 148 valence electrons. The monoisotopic (exact) mass is 406 g/mol. The second kappa shape index (κ2) is 7.26. The number of benzene rings is 1. The quantitative estimate of drug-likeness (QED) is 0.581. The number of nitrogens with zero attached hydrogens (tertiary/aromatic N) is 2. The number of carbonyl (C=O) groups excluding carboxylic acids is 3. The molecule has 1 saturated heterocycles. The highest BCUT2D eigenvalue weighted by atomic mass is 32.1. The molecule has 1 fully saturated rings. The van der Waals surface area contributed by atoms with E-state index in [0.29, 0.717) is 19.4 Å². The minimum Gasteiger partial charge on any atom is -0.330 e. The third-order valence-electron chi connectivity index (χ3n) is 6.29. The molecule has 5 rings (SSSR count). The van der Waals surface area contributed by atoms with Gasteiger partial charge in [0.1, 0.15) is 6.54 Å². The first kappa shape index (κ1) is 18.3. The zero-order chi connectivity index (χ0) is 20.0. The number of rotatable bonds is 3. The molecule has 0 bridgehead atoms. The van der Waals surface area contributed by atoms with Crippen molar-refractivity contribution in [2.75, 3.05) is 13.1 Å². The summed E-state index contributed by atoms with van der Waals surface area (Å²) in [6.45, 7) is 0.435. The Kier molecular flexibility index (Phi) is 4.59. The number of allylic oxidation sites excluding steroid dienone is 2. The average Bonchev–Trinajstić information content (AvgIpc) is 3.33. The molecule has 6 heteroatoms. The maximum Gasteiger partial charge on any atom is 0.243 e. The van der Waals surface area contributed by atoms with E-state index in [4.69, 9.17) is 0 Å². The first-order chi connectivity index (χ1) is 14.1. The number of hydrogen-bond acceptors (Lipinski definition) is 4. The van der Waals surface area contributed by atoms with Gasteiger partial charge in [0.25, 0.3) is 0 Å². The predicted molar refractivity (Wildman–Crippen MR) is 110 cm³/mol. The summed E-state index contributed by atoms with van der Waals surface area (Å²) in [5.74, 6) is -1.14. The van der Waals surface area contributed by atoms with E-state index in [-0.39, 0.29) is 42.1 Å². The second-order valence-electron chi connectivity index (χ2n) is 7.87. The van der Waals surface area contributed by atoms with E-state index in [1.54, 1.807) is 11.3 Å². The third kappa shape index (κ3) is 3.02. The zero-order valence-corrected chi connectivity index (χ0v) is 16.8. The summed E-state index contributed by atoms with van der Waals surface area (Å²) in [5, 5.41) is 2.07. The molecule has 3 aliphatic rings. The Bertz CT molecular complexity index is 971. The normalized spacial score (nSPS) is 25.9. The van der Waals surface area contributed by atoms with Crippen LogP contribution in [0, 0.1) is 11.8 Å².